The fourth-order valence-electron chi connectivity index (χ4n) is 1.78. The first-order chi connectivity index (χ1) is 9.46. The molecule has 0 saturated heterocycles. The van der Waals surface area contributed by atoms with Gasteiger partial charge in [-0.15, -0.1) is 0 Å². The van der Waals surface area contributed by atoms with Crippen molar-refractivity contribution in [1.29, 1.82) is 0 Å². The molecule has 5 nitrogen and oxygen atoms in total. The Morgan fingerprint density at radius 2 is 2.15 bits per heavy atom. The van der Waals surface area contributed by atoms with E-state index >= 15 is 0 Å². The van der Waals surface area contributed by atoms with Crippen molar-refractivity contribution >= 4 is 29.4 Å². The van der Waals surface area contributed by atoms with Crippen LogP contribution in [0.4, 0.5) is 14.9 Å². The van der Waals surface area contributed by atoms with Crippen molar-refractivity contribution < 1.29 is 19.1 Å². The Morgan fingerprint density at radius 1 is 1.45 bits per heavy atom. The molecule has 1 saturated carbocycles. The molecule has 0 radical (unpaired) electrons. The zero-order chi connectivity index (χ0) is 14.8. The Balaban J connectivity index is 1.91. The topological polar surface area (TPSA) is 78.4 Å². The van der Waals surface area contributed by atoms with E-state index in [9.17, 15) is 14.0 Å². The highest BCUT2D eigenvalue weighted by Gasteiger charge is 2.41. The molecule has 2 rings (SSSR count). The van der Waals surface area contributed by atoms with E-state index in [2.05, 4.69) is 10.6 Å². The highest BCUT2D eigenvalue weighted by Crippen LogP contribution is 2.46. The molecule has 0 bridgehead atoms. The van der Waals surface area contributed by atoms with E-state index in [1.807, 2.05) is 6.26 Å². The van der Waals surface area contributed by atoms with Gasteiger partial charge in [0.25, 0.3) is 0 Å². The number of benzene rings is 1. The van der Waals surface area contributed by atoms with Crippen molar-refractivity contribution in [3.05, 3.63) is 29.6 Å². The highest BCUT2D eigenvalue weighted by atomic mass is 32.2. The maximum absolute atomic E-state index is 13.4. The average molecular weight is 298 g/mol. The maximum Gasteiger partial charge on any atom is 0.338 e. The van der Waals surface area contributed by atoms with Crippen LogP contribution in [-0.2, 0) is 0 Å². The number of hydrogen-bond acceptors (Lipinski definition) is 3. The highest BCUT2D eigenvalue weighted by molar-refractivity contribution is 8.00. The predicted molar refractivity (Wildman–Crippen MR) is 75.9 cm³/mol. The average Bonchev–Trinajstić information content (AvgIpc) is 3.17. The number of carboxylic acid groups (broad SMARTS) is 1. The van der Waals surface area contributed by atoms with Gasteiger partial charge in [0.05, 0.1) is 5.56 Å². The van der Waals surface area contributed by atoms with Crippen LogP contribution < -0.4 is 10.6 Å². The lowest BCUT2D eigenvalue weighted by Gasteiger charge is -2.13. The number of thioether (sulfide) groups is 1. The van der Waals surface area contributed by atoms with Crippen molar-refractivity contribution in [2.45, 2.75) is 17.6 Å². The van der Waals surface area contributed by atoms with Crippen molar-refractivity contribution in [3.63, 3.8) is 0 Å². The van der Waals surface area contributed by atoms with Gasteiger partial charge in [-0.2, -0.15) is 11.8 Å². The summed E-state index contributed by atoms with van der Waals surface area (Å²) in [4.78, 5) is 22.3. The van der Waals surface area contributed by atoms with Crippen molar-refractivity contribution in [3.8, 4) is 0 Å². The predicted octanol–water partition coefficient (Wildman–Crippen LogP) is 2.54. The Hall–Kier alpha value is -1.76. The SMILES string of the molecule is CSC1(CNC(=O)Nc2ccc(C(=O)O)c(F)c2)CC1. The molecule has 0 heterocycles. The second kappa shape index (κ2) is 5.70. The molecule has 1 aliphatic carbocycles. The first kappa shape index (κ1) is 14.6. The second-order valence-electron chi connectivity index (χ2n) is 4.69. The monoisotopic (exact) mass is 298 g/mol. The van der Waals surface area contributed by atoms with Crippen LogP contribution in [0.25, 0.3) is 0 Å². The zero-order valence-electron chi connectivity index (χ0n) is 10.9. The first-order valence-electron chi connectivity index (χ1n) is 6.09. The maximum atomic E-state index is 13.4. The minimum atomic E-state index is -1.34. The molecule has 1 aromatic carbocycles. The molecule has 0 spiro atoms. The van der Waals surface area contributed by atoms with Gasteiger partial charge >= 0.3 is 12.0 Å². The van der Waals surface area contributed by atoms with Crippen LogP contribution in [0.2, 0.25) is 0 Å². The Bertz CT molecular complexity index is 546. The van der Waals surface area contributed by atoms with Crippen LogP contribution in [0.15, 0.2) is 18.2 Å². The zero-order valence-corrected chi connectivity index (χ0v) is 11.7. The Kier molecular flexibility index (Phi) is 4.17. The molecule has 3 N–H and O–H groups in total. The standard InChI is InChI=1S/C13H15FN2O3S/c1-20-13(4-5-13)7-15-12(19)16-8-2-3-9(11(17)18)10(14)6-8/h2-3,6H,4-5,7H2,1H3,(H,17,18)(H2,15,16,19). The molecule has 1 fully saturated rings. The molecule has 0 aromatic heterocycles. The van der Waals surface area contributed by atoms with Gasteiger partial charge in [0.2, 0.25) is 0 Å². The van der Waals surface area contributed by atoms with Gasteiger partial charge in [-0.05, 0) is 37.3 Å². The Morgan fingerprint density at radius 3 is 2.65 bits per heavy atom. The molecule has 108 valence electrons. The van der Waals surface area contributed by atoms with Crippen LogP contribution in [0, 0.1) is 5.82 Å². The van der Waals surface area contributed by atoms with Crippen LogP contribution in [0.1, 0.15) is 23.2 Å². The number of carbonyl (C=O) groups is 2. The van der Waals surface area contributed by atoms with Gasteiger partial charge in [0.1, 0.15) is 5.82 Å². The lowest BCUT2D eigenvalue weighted by molar-refractivity contribution is 0.0692. The van der Waals surface area contributed by atoms with Gasteiger partial charge in [-0.3, -0.25) is 0 Å². The number of rotatable bonds is 5. The molecule has 1 aromatic rings. The molecule has 7 heteroatoms. The smallest absolute Gasteiger partial charge is 0.338 e. The van der Waals surface area contributed by atoms with Gasteiger partial charge in [0, 0.05) is 17.0 Å². The van der Waals surface area contributed by atoms with Crippen molar-refractivity contribution in [2.24, 2.45) is 0 Å². The summed E-state index contributed by atoms with van der Waals surface area (Å²) in [6, 6.07) is 3.04. The number of carboxylic acids is 1. The van der Waals surface area contributed by atoms with Crippen LogP contribution >= 0.6 is 11.8 Å². The van der Waals surface area contributed by atoms with E-state index in [-0.39, 0.29) is 10.4 Å². The number of hydrogen-bond donors (Lipinski definition) is 3. The van der Waals surface area contributed by atoms with Gasteiger partial charge in [-0.1, -0.05) is 0 Å². The fourth-order valence-corrected chi connectivity index (χ4v) is 2.50. The summed E-state index contributed by atoms with van der Waals surface area (Å²) < 4.78 is 13.6. The van der Waals surface area contributed by atoms with E-state index in [0.29, 0.717) is 6.54 Å². The molecule has 0 aliphatic heterocycles. The lowest BCUT2D eigenvalue weighted by atomic mass is 10.2. The minimum absolute atomic E-state index is 0.149. The van der Waals surface area contributed by atoms with Crippen LogP contribution in [0.5, 0.6) is 0 Å². The number of halogens is 1. The summed E-state index contributed by atoms with van der Waals surface area (Å²) in [5.41, 5.74) is -0.200. The van der Waals surface area contributed by atoms with Gasteiger partial charge in [-0.25, -0.2) is 14.0 Å². The van der Waals surface area contributed by atoms with E-state index in [0.717, 1.165) is 25.0 Å². The summed E-state index contributed by atoms with van der Waals surface area (Å²) in [6.45, 7) is 0.565. The Labute approximate surface area is 119 Å². The van der Waals surface area contributed by atoms with Crippen LogP contribution in [-0.4, -0.2) is 34.7 Å². The van der Waals surface area contributed by atoms with Crippen molar-refractivity contribution in [1.82, 2.24) is 5.32 Å². The summed E-state index contributed by atoms with van der Waals surface area (Å²) in [7, 11) is 0. The number of anilines is 1. The summed E-state index contributed by atoms with van der Waals surface area (Å²) in [5.74, 6) is -2.22. The number of nitrogens with one attached hydrogen (secondary N) is 2. The molecule has 20 heavy (non-hydrogen) atoms. The number of carbonyl (C=O) groups excluding carboxylic acids is 1. The third-order valence-electron chi connectivity index (χ3n) is 3.27. The van der Waals surface area contributed by atoms with Crippen molar-refractivity contribution in [2.75, 3.05) is 18.1 Å². The number of aromatic carboxylic acids is 1. The summed E-state index contributed by atoms with van der Waals surface area (Å²) in [5, 5.41) is 13.9. The molecule has 2 amide bonds. The summed E-state index contributed by atoms with van der Waals surface area (Å²) in [6.07, 6.45) is 4.17. The van der Waals surface area contributed by atoms with Gasteiger partial charge < -0.3 is 15.7 Å². The molecular formula is C13H15FN2O3S. The van der Waals surface area contributed by atoms with Gasteiger partial charge in [0.15, 0.2) is 0 Å². The van der Waals surface area contributed by atoms with E-state index < -0.39 is 23.4 Å². The quantitative estimate of drug-likeness (QED) is 0.780. The number of amides is 2. The normalized spacial score (nSPS) is 15.5. The number of urea groups is 1. The largest absolute Gasteiger partial charge is 0.478 e. The fraction of sp³-hybridized carbons (Fsp3) is 0.385. The van der Waals surface area contributed by atoms with E-state index in [1.165, 1.54) is 6.07 Å². The second-order valence-corrected chi connectivity index (χ2v) is 5.97. The third kappa shape index (κ3) is 3.41. The third-order valence-corrected chi connectivity index (χ3v) is 4.69. The van der Waals surface area contributed by atoms with E-state index in [1.54, 1.807) is 11.8 Å². The summed E-state index contributed by atoms with van der Waals surface area (Å²) >= 11 is 1.73. The molecule has 1 aliphatic rings. The van der Waals surface area contributed by atoms with Crippen LogP contribution in [0.3, 0.4) is 0 Å². The molecular weight excluding hydrogens is 283 g/mol. The first-order valence-corrected chi connectivity index (χ1v) is 7.31. The van der Waals surface area contributed by atoms with E-state index in [4.69, 9.17) is 5.11 Å². The molecule has 0 unspecified atom stereocenters. The lowest BCUT2D eigenvalue weighted by Crippen LogP contribution is -2.35. The minimum Gasteiger partial charge on any atom is -0.478 e. The molecule has 0 atom stereocenters.